The molecule has 1 unspecified atom stereocenters. The Hall–Kier alpha value is -0.970. The Kier molecular flexibility index (Phi) is 4.91. The van der Waals surface area contributed by atoms with Gasteiger partial charge in [-0.3, -0.25) is 0 Å². The summed E-state index contributed by atoms with van der Waals surface area (Å²) in [6, 6.07) is 0. The molecule has 1 aliphatic carbocycles. The summed E-state index contributed by atoms with van der Waals surface area (Å²) in [5.41, 5.74) is 1.12. The van der Waals surface area contributed by atoms with E-state index in [1.165, 1.54) is 12.8 Å². The Morgan fingerprint density at radius 3 is 2.42 bits per heavy atom. The van der Waals surface area contributed by atoms with Crippen LogP contribution in [0.5, 0.6) is 0 Å². The fourth-order valence-electron chi connectivity index (χ4n) is 1.89. The van der Waals surface area contributed by atoms with E-state index in [1.54, 1.807) is 0 Å². The van der Waals surface area contributed by atoms with Gasteiger partial charge >= 0.3 is 0 Å². The van der Waals surface area contributed by atoms with Crippen molar-refractivity contribution in [1.29, 1.82) is 0 Å². The van der Waals surface area contributed by atoms with Crippen LogP contribution < -0.4 is 10.6 Å². The maximum Gasteiger partial charge on any atom is 0.136 e. The van der Waals surface area contributed by atoms with Crippen LogP contribution in [-0.2, 0) is 0 Å². The highest BCUT2D eigenvalue weighted by Crippen LogP contribution is 2.39. The molecule has 1 aromatic rings. The van der Waals surface area contributed by atoms with Crippen molar-refractivity contribution in [2.24, 2.45) is 0 Å². The minimum atomic E-state index is 0.580. The van der Waals surface area contributed by atoms with E-state index < -0.39 is 0 Å². The molecular formula is C14H24N4S. The number of anilines is 2. The minimum Gasteiger partial charge on any atom is -0.370 e. The van der Waals surface area contributed by atoms with Crippen LogP contribution in [0.4, 0.5) is 11.6 Å². The molecule has 2 rings (SSSR count). The van der Waals surface area contributed by atoms with Gasteiger partial charge in [0, 0.05) is 29.8 Å². The van der Waals surface area contributed by atoms with Gasteiger partial charge in [0.1, 0.15) is 17.5 Å². The van der Waals surface area contributed by atoms with Gasteiger partial charge in [-0.1, -0.05) is 6.92 Å². The third-order valence-corrected chi connectivity index (χ3v) is 4.38. The Morgan fingerprint density at radius 2 is 1.89 bits per heavy atom. The average molecular weight is 280 g/mol. The van der Waals surface area contributed by atoms with Crippen molar-refractivity contribution in [2.45, 2.75) is 44.8 Å². The molecule has 2 N–H and O–H groups in total. The first kappa shape index (κ1) is 14.4. The number of hydrogen-bond acceptors (Lipinski definition) is 5. The largest absolute Gasteiger partial charge is 0.370 e. The van der Waals surface area contributed by atoms with E-state index in [0.29, 0.717) is 11.2 Å². The van der Waals surface area contributed by atoms with Crippen molar-refractivity contribution >= 4 is 23.4 Å². The monoisotopic (exact) mass is 280 g/mol. The summed E-state index contributed by atoms with van der Waals surface area (Å²) in [4.78, 5) is 9.38. The second-order valence-corrected chi connectivity index (χ2v) is 6.41. The Bertz CT molecular complexity index is 432. The lowest BCUT2D eigenvalue weighted by molar-refractivity contribution is 0.901. The van der Waals surface area contributed by atoms with Crippen molar-refractivity contribution in [3.63, 3.8) is 0 Å². The smallest absolute Gasteiger partial charge is 0.136 e. The zero-order valence-electron chi connectivity index (χ0n) is 12.3. The van der Waals surface area contributed by atoms with Crippen molar-refractivity contribution in [1.82, 2.24) is 9.97 Å². The van der Waals surface area contributed by atoms with Gasteiger partial charge in [0.25, 0.3) is 0 Å². The number of rotatable bonds is 7. The van der Waals surface area contributed by atoms with Crippen molar-refractivity contribution in [2.75, 3.05) is 30.0 Å². The summed E-state index contributed by atoms with van der Waals surface area (Å²) in [5, 5.41) is 7.40. The van der Waals surface area contributed by atoms with Crippen molar-refractivity contribution in [3.8, 4) is 0 Å². The number of hydrogen-bond donors (Lipinski definition) is 2. The van der Waals surface area contributed by atoms with Crippen molar-refractivity contribution < 1.29 is 0 Å². The van der Waals surface area contributed by atoms with Gasteiger partial charge in [-0.25, -0.2) is 9.97 Å². The van der Waals surface area contributed by atoms with E-state index in [-0.39, 0.29) is 0 Å². The zero-order valence-corrected chi connectivity index (χ0v) is 13.1. The van der Waals surface area contributed by atoms with E-state index in [2.05, 4.69) is 42.6 Å². The summed E-state index contributed by atoms with van der Waals surface area (Å²) in [5.74, 6) is 3.56. The maximum atomic E-state index is 4.71. The van der Waals surface area contributed by atoms with Crippen LogP contribution in [0.15, 0.2) is 0 Å². The molecule has 0 spiro atoms. The predicted octanol–water partition coefficient (Wildman–Crippen LogP) is 3.26. The SMILES string of the molecule is CCNc1nc(C2CC2)nc(NCC(C)SC)c1C. The average Bonchev–Trinajstić information content (AvgIpc) is 3.23. The molecule has 4 nitrogen and oxygen atoms in total. The van der Waals surface area contributed by atoms with Crippen molar-refractivity contribution in [3.05, 3.63) is 11.4 Å². The molecule has 0 aromatic carbocycles. The Balaban J connectivity index is 2.19. The molecule has 1 aromatic heterocycles. The van der Waals surface area contributed by atoms with E-state index >= 15 is 0 Å². The lowest BCUT2D eigenvalue weighted by Crippen LogP contribution is -2.16. The molecule has 1 saturated carbocycles. The molecule has 0 radical (unpaired) electrons. The van der Waals surface area contributed by atoms with Crippen LogP contribution in [0.25, 0.3) is 0 Å². The lowest BCUT2D eigenvalue weighted by Gasteiger charge is -2.16. The normalized spacial score (nSPS) is 16.2. The molecule has 0 amide bonds. The van der Waals surface area contributed by atoms with E-state index in [9.17, 15) is 0 Å². The van der Waals surface area contributed by atoms with Gasteiger partial charge in [-0.15, -0.1) is 0 Å². The molecule has 0 aliphatic heterocycles. The number of nitrogens with zero attached hydrogens (tertiary/aromatic N) is 2. The second kappa shape index (κ2) is 6.46. The molecule has 0 bridgehead atoms. The Morgan fingerprint density at radius 1 is 1.26 bits per heavy atom. The van der Waals surface area contributed by atoms with Gasteiger partial charge in [0.05, 0.1) is 0 Å². The van der Waals surface area contributed by atoms with E-state index in [4.69, 9.17) is 4.98 Å². The van der Waals surface area contributed by atoms with Crippen LogP contribution >= 0.6 is 11.8 Å². The maximum absolute atomic E-state index is 4.71. The molecular weight excluding hydrogens is 256 g/mol. The highest BCUT2D eigenvalue weighted by atomic mass is 32.2. The quantitative estimate of drug-likeness (QED) is 0.803. The molecule has 1 aliphatic rings. The summed E-state index contributed by atoms with van der Waals surface area (Å²) in [6.07, 6.45) is 4.60. The molecule has 106 valence electrons. The minimum absolute atomic E-state index is 0.580. The molecule has 0 saturated heterocycles. The first-order valence-corrected chi connectivity index (χ1v) is 8.33. The molecule has 5 heteroatoms. The van der Waals surface area contributed by atoms with E-state index in [0.717, 1.165) is 36.1 Å². The standard InChI is InChI=1S/C14H24N4S/c1-5-15-12-10(3)13(16-8-9(2)19-4)18-14(17-12)11-6-7-11/h9,11H,5-8H2,1-4H3,(H2,15,16,17,18). The zero-order chi connectivity index (χ0) is 13.8. The third-order valence-electron chi connectivity index (χ3n) is 3.41. The van der Waals surface area contributed by atoms with Crippen LogP contribution in [0.3, 0.4) is 0 Å². The molecule has 1 atom stereocenters. The predicted molar refractivity (Wildman–Crippen MR) is 84.4 cm³/mol. The van der Waals surface area contributed by atoms with Crippen LogP contribution in [-0.4, -0.2) is 34.6 Å². The van der Waals surface area contributed by atoms with Gasteiger partial charge in [0.15, 0.2) is 0 Å². The number of thioether (sulfide) groups is 1. The molecule has 1 fully saturated rings. The summed E-state index contributed by atoms with van der Waals surface area (Å²) in [6.45, 7) is 8.24. The lowest BCUT2D eigenvalue weighted by atomic mass is 10.2. The first-order chi connectivity index (χ1) is 9.15. The summed E-state index contributed by atoms with van der Waals surface area (Å²) >= 11 is 1.87. The summed E-state index contributed by atoms with van der Waals surface area (Å²) < 4.78 is 0. The van der Waals surface area contributed by atoms with Crippen LogP contribution in [0.2, 0.25) is 0 Å². The first-order valence-electron chi connectivity index (χ1n) is 7.04. The van der Waals surface area contributed by atoms with Gasteiger partial charge in [0.2, 0.25) is 0 Å². The Labute approximate surface area is 120 Å². The highest BCUT2D eigenvalue weighted by Gasteiger charge is 2.28. The van der Waals surface area contributed by atoms with Gasteiger partial charge in [-0.2, -0.15) is 11.8 Å². The number of nitrogens with one attached hydrogen (secondary N) is 2. The third kappa shape index (κ3) is 3.75. The molecule has 1 heterocycles. The van der Waals surface area contributed by atoms with Gasteiger partial charge < -0.3 is 10.6 Å². The topological polar surface area (TPSA) is 49.8 Å². The van der Waals surface area contributed by atoms with Crippen LogP contribution in [0.1, 0.15) is 44.0 Å². The fourth-order valence-corrected chi connectivity index (χ4v) is 2.14. The highest BCUT2D eigenvalue weighted by molar-refractivity contribution is 7.99. The van der Waals surface area contributed by atoms with E-state index in [1.807, 2.05) is 11.8 Å². The second-order valence-electron chi connectivity index (χ2n) is 5.14. The number of aromatic nitrogens is 2. The van der Waals surface area contributed by atoms with Crippen LogP contribution in [0, 0.1) is 6.92 Å². The molecule has 19 heavy (non-hydrogen) atoms. The summed E-state index contributed by atoms with van der Waals surface area (Å²) in [7, 11) is 0. The fraction of sp³-hybridized carbons (Fsp3) is 0.714. The van der Waals surface area contributed by atoms with Gasteiger partial charge in [-0.05, 0) is 32.9 Å².